The van der Waals surface area contributed by atoms with Crippen molar-refractivity contribution in [1.82, 2.24) is 0 Å². The third-order valence-corrected chi connectivity index (χ3v) is 2.60. The first kappa shape index (κ1) is 10.0. The van der Waals surface area contributed by atoms with Gasteiger partial charge in [0.05, 0.1) is 10.6 Å². The molecule has 1 aliphatic rings. The lowest BCUT2D eigenvalue weighted by molar-refractivity contribution is 0.0702. The van der Waals surface area contributed by atoms with Crippen LogP contribution in [0.4, 0.5) is 5.69 Å². The quantitative estimate of drug-likeness (QED) is 0.754. The van der Waals surface area contributed by atoms with Gasteiger partial charge in [-0.05, 0) is 6.07 Å². The second-order valence-corrected chi connectivity index (χ2v) is 3.42. The normalized spacial score (nSPS) is 12.6. The zero-order valence-corrected chi connectivity index (χ0v) is 8.11. The van der Waals surface area contributed by atoms with Crippen LogP contribution < -0.4 is 5.32 Å². The van der Waals surface area contributed by atoms with Crippen molar-refractivity contribution >= 4 is 41.6 Å². The Morgan fingerprint density at radius 1 is 1.69 bits per heavy atom. The lowest BCUT2D eigenvalue weighted by Gasteiger charge is -2.05. The fourth-order valence-electron chi connectivity index (χ4n) is 1.00. The Kier molecular flexibility index (Phi) is 2.90. The second kappa shape index (κ2) is 3.76. The number of fused-ring (bicyclic) bond motifs is 1. The van der Waals surface area contributed by atoms with E-state index in [9.17, 15) is 4.79 Å². The Labute approximate surface area is 84.7 Å². The standard InChI is InChI=1S/C7H6N2O2S.ClH/c10-7(11)5-1-4-6(12-5)2-8-3-9-4;/h1-2,9H,3H2,(H,10,11);1H. The summed E-state index contributed by atoms with van der Waals surface area (Å²) in [5.41, 5.74) is 0.868. The molecule has 0 aromatic carbocycles. The number of anilines is 1. The molecule has 0 saturated carbocycles. The summed E-state index contributed by atoms with van der Waals surface area (Å²) in [6.45, 7) is 0.531. The Bertz CT molecular complexity index is 361. The number of carbonyl (C=O) groups is 1. The van der Waals surface area contributed by atoms with Crippen LogP contribution in [0, 0.1) is 0 Å². The van der Waals surface area contributed by atoms with Crippen molar-refractivity contribution in [2.45, 2.75) is 0 Å². The molecule has 1 aromatic rings. The fourth-order valence-corrected chi connectivity index (χ4v) is 1.87. The van der Waals surface area contributed by atoms with Gasteiger partial charge in [0.2, 0.25) is 0 Å². The van der Waals surface area contributed by atoms with E-state index in [2.05, 4.69) is 10.3 Å². The molecule has 0 amide bonds. The summed E-state index contributed by atoms with van der Waals surface area (Å²) >= 11 is 1.23. The van der Waals surface area contributed by atoms with E-state index in [4.69, 9.17) is 5.11 Å². The van der Waals surface area contributed by atoms with Crippen LogP contribution in [0.2, 0.25) is 0 Å². The number of nitrogens with one attached hydrogen (secondary N) is 1. The van der Waals surface area contributed by atoms with Crippen LogP contribution in [-0.4, -0.2) is 24.0 Å². The smallest absolute Gasteiger partial charge is 0.345 e. The minimum atomic E-state index is -0.885. The van der Waals surface area contributed by atoms with Gasteiger partial charge >= 0.3 is 5.97 Å². The first-order valence-corrected chi connectivity index (χ1v) is 4.20. The Morgan fingerprint density at radius 3 is 3.08 bits per heavy atom. The maximum atomic E-state index is 10.6. The molecule has 0 fully saturated rings. The highest BCUT2D eigenvalue weighted by molar-refractivity contribution is 7.16. The van der Waals surface area contributed by atoms with Crippen molar-refractivity contribution in [1.29, 1.82) is 0 Å². The van der Waals surface area contributed by atoms with Crippen molar-refractivity contribution in [3.63, 3.8) is 0 Å². The number of aliphatic imine (C=N–C) groups is 1. The van der Waals surface area contributed by atoms with Crippen LogP contribution in [0.25, 0.3) is 0 Å². The zero-order valence-electron chi connectivity index (χ0n) is 6.48. The largest absolute Gasteiger partial charge is 0.477 e. The summed E-state index contributed by atoms with van der Waals surface area (Å²) in [5, 5.41) is 11.7. The minimum Gasteiger partial charge on any atom is -0.477 e. The van der Waals surface area contributed by atoms with Gasteiger partial charge < -0.3 is 10.4 Å². The summed E-state index contributed by atoms with van der Waals surface area (Å²) in [6.07, 6.45) is 1.70. The van der Waals surface area contributed by atoms with Crippen LogP contribution >= 0.6 is 23.7 Å². The van der Waals surface area contributed by atoms with E-state index in [-0.39, 0.29) is 12.4 Å². The summed E-state index contributed by atoms with van der Waals surface area (Å²) < 4.78 is 0. The highest BCUT2D eigenvalue weighted by atomic mass is 35.5. The molecule has 0 bridgehead atoms. The van der Waals surface area contributed by atoms with Gasteiger partial charge in [0.15, 0.2) is 0 Å². The van der Waals surface area contributed by atoms with Gasteiger partial charge in [0, 0.05) is 6.21 Å². The molecular weight excluding hydrogens is 212 g/mol. The molecule has 0 radical (unpaired) electrons. The van der Waals surface area contributed by atoms with Gasteiger partial charge in [-0.15, -0.1) is 23.7 Å². The van der Waals surface area contributed by atoms with Crippen LogP contribution in [0.3, 0.4) is 0 Å². The molecular formula is C7H7ClN2O2S. The number of thiophene rings is 1. The molecule has 2 heterocycles. The average molecular weight is 219 g/mol. The first-order chi connectivity index (χ1) is 5.77. The van der Waals surface area contributed by atoms with E-state index in [0.29, 0.717) is 11.5 Å². The molecule has 0 spiro atoms. The van der Waals surface area contributed by atoms with E-state index >= 15 is 0 Å². The van der Waals surface area contributed by atoms with Crippen LogP contribution in [0.5, 0.6) is 0 Å². The number of halogens is 1. The number of nitrogens with zero attached hydrogens (tertiary/aromatic N) is 1. The molecule has 4 nitrogen and oxygen atoms in total. The minimum absolute atomic E-state index is 0. The number of carboxylic acids is 1. The van der Waals surface area contributed by atoms with Gasteiger partial charge in [-0.1, -0.05) is 0 Å². The third-order valence-electron chi connectivity index (χ3n) is 1.54. The van der Waals surface area contributed by atoms with Gasteiger partial charge in [0.1, 0.15) is 11.5 Å². The summed E-state index contributed by atoms with van der Waals surface area (Å²) in [7, 11) is 0. The topological polar surface area (TPSA) is 61.7 Å². The van der Waals surface area contributed by atoms with Crippen LogP contribution in [-0.2, 0) is 0 Å². The monoisotopic (exact) mass is 218 g/mol. The van der Waals surface area contributed by atoms with E-state index in [0.717, 1.165) is 10.6 Å². The van der Waals surface area contributed by atoms with Gasteiger partial charge in [-0.3, -0.25) is 4.99 Å². The maximum Gasteiger partial charge on any atom is 0.345 e. The molecule has 0 unspecified atom stereocenters. The predicted octanol–water partition coefficient (Wildman–Crippen LogP) is 1.67. The van der Waals surface area contributed by atoms with E-state index in [1.54, 1.807) is 12.3 Å². The van der Waals surface area contributed by atoms with Crippen LogP contribution in [0.15, 0.2) is 11.1 Å². The third kappa shape index (κ3) is 1.81. The van der Waals surface area contributed by atoms with Gasteiger partial charge in [-0.2, -0.15) is 0 Å². The van der Waals surface area contributed by atoms with Gasteiger partial charge in [-0.25, -0.2) is 4.79 Å². The van der Waals surface area contributed by atoms with Crippen molar-refractivity contribution in [3.05, 3.63) is 15.8 Å². The maximum absolute atomic E-state index is 10.6. The predicted molar refractivity (Wildman–Crippen MR) is 54.6 cm³/mol. The molecule has 1 aromatic heterocycles. The molecule has 0 aliphatic carbocycles. The first-order valence-electron chi connectivity index (χ1n) is 3.38. The highest BCUT2D eigenvalue weighted by Gasteiger charge is 2.13. The van der Waals surface area contributed by atoms with Crippen molar-refractivity contribution in [3.8, 4) is 0 Å². The summed E-state index contributed by atoms with van der Waals surface area (Å²) in [5.74, 6) is -0.885. The highest BCUT2D eigenvalue weighted by Crippen LogP contribution is 2.27. The number of hydrogen-bond acceptors (Lipinski definition) is 4. The number of hydrogen-bond donors (Lipinski definition) is 2. The van der Waals surface area contributed by atoms with E-state index in [1.165, 1.54) is 11.3 Å². The molecule has 2 rings (SSSR count). The molecule has 13 heavy (non-hydrogen) atoms. The summed E-state index contributed by atoms with van der Waals surface area (Å²) in [6, 6.07) is 1.63. The Hall–Kier alpha value is -1.07. The van der Waals surface area contributed by atoms with Crippen LogP contribution in [0.1, 0.15) is 14.5 Å². The molecule has 70 valence electrons. The van der Waals surface area contributed by atoms with Crippen molar-refractivity contribution in [2.24, 2.45) is 4.99 Å². The lowest BCUT2D eigenvalue weighted by atomic mass is 10.3. The second-order valence-electron chi connectivity index (χ2n) is 2.34. The van der Waals surface area contributed by atoms with Crippen molar-refractivity contribution < 1.29 is 9.90 Å². The number of rotatable bonds is 1. The zero-order chi connectivity index (χ0) is 8.55. The molecule has 1 aliphatic heterocycles. The van der Waals surface area contributed by atoms with E-state index < -0.39 is 5.97 Å². The average Bonchev–Trinajstić information content (AvgIpc) is 2.46. The van der Waals surface area contributed by atoms with E-state index in [1.807, 2.05) is 0 Å². The summed E-state index contributed by atoms with van der Waals surface area (Å²) in [4.78, 5) is 15.8. The van der Waals surface area contributed by atoms with Gasteiger partial charge in [0.25, 0.3) is 0 Å². The molecule has 6 heteroatoms. The molecule has 2 N–H and O–H groups in total. The molecule has 0 atom stereocenters. The fraction of sp³-hybridized carbons (Fsp3) is 0.143. The Balaban J connectivity index is 0.000000845. The number of aromatic carboxylic acids is 1. The molecule has 0 saturated heterocycles. The SMILES string of the molecule is Cl.O=C(O)c1cc2c(s1)C=NCN2. The number of carboxylic acid groups (broad SMARTS) is 1. The van der Waals surface area contributed by atoms with Crippen molar-refractivity contribution in [2.75, 3.05) is 12.0 Å². The Morgan fingerprint density at radius 2 is 2.46 bits per heavy atom. The lowest BCUT2D eigenvalue weighted by Crippen LogP contribution is -2.04.